The minimum Gasteiger partial charge on any atom is -0.445 e. The number of aryl methyl sites for hydroxylation is 1. The third-order valence-corrected chi connectivity index (χ3v) is 6.33. The van der Waals surface area contributed by atoms with Crippen LogP contribution in [0.3, 0.4) is 0 Å². The van der Waals surface area contributed by atoms with Crippen molar-refractivity contribution in [1.82, 2.24) is 10.4 Å². The minimum absolute atomic E-state index is 0.00232. The summed E-state index contributed by atoms with van der Waals surface area (Å²) in [5.74, 6) is -0.00232. The molecule has 1 amide bonds. The first-order valence-electron chi connectivity index (χ1n) is 9.37. The van der Waals surface area contributed by atoms with E-state index in [1.165, 1.54) is 12.1 Å². The summed E-state index contributed by atoms with van der Waals surface area (Å²) >= 11 is 0. The summed E-state index contributed by atoms with van der Waals surface area (Å²) in [7, 11) is -3.91. The van der Waals surface area contributed by atoms with Crippen LogP contribution in [0.2, 0.25) is 0 Å². The molecule has 152 valence electrons. The Labute approximate surface area is 170 Å². The van der Waals surface area contributed by atoms with Crippen LogP contribution in [-0.4, -0.2) is 32.0 Å². The fourth-order valence-electron chi connectivity index (χ4n) is 3.58. The van der Waals surface area contributed by atoms with Gasteiger partial charge in [0.2, 0.25) is 0 Å². The van der Waals surface area contributed by atoms with Crippen LogP contribution in [0.5, 0.6) is 0 Å². The van der Waals surface area contributed by atoms with E-state index in [-0.39, 0.29) is 29.6 Å². The van der Waals surface area contributed by atoms with E-state index in [0.29, 0.717) is 12.2 Å². The van der Waals surface area contributed by atoms with Crippen molar-refractivity contribution in [2.75, 3.05) is 6.54 Å². The molecular formula is C21H22N2O5S. The topological polar surface area (TPSA) is 84.9 Å². The molecule has 2 atom stereocenters. The maximum Gasteiger partial charge on any atom is 0.410 e. The summed E-state index contributed by atoms with van der Waals surface area (Å²) in [6.07, 6.45) is 2.17. The zero-order chi connectivity index (χ0) is 20.4. The lowest BCUT2D eigenvalue weighted by Crippen LogP contribution is -2.38. The molecule has 8 heteroatoms. The van der Waals surface area contributed by atoms with E-state index < -0.39 is 10.1 Å². The molecule has 2 bridgehead atoms. The van der Waals surface area contributed by atoms with Gasteiger partial charge in [-0.25, -0.2) is 4.79 Å². The van der Waals surface area contributed by atoms with Crippen LogP contribution in [-0.2, 0) is 25.7 Å². The number of benzene rings is 2. The number of nitrogens with one attached hydrogen (secondary N) is 1. The molecule has 2 aliphatic rings. The summed E-state index contributed by atoms with van der Waals surface area (Å²) in [6.45, 7) is 2.57. The highest BCUT2D eigenvalue weighted by Crippen LogP contribution is 2.36. The van der Waals surface area contributed by atoms with Crippen molar-refractivity contribution in [3.05, 3.63) is 77.5 Å². The number of rotatable bonds is 6. The number of carbonyl (C=O) groups is 1. The van der Waals surface area contributed by atoms with Gasteiger partial charge in [0.15, 0.2) is 0 Å². The second-order valence-corrected chi connectivity index (χ2v) is 8.81. The van der Waals surface area contributed by atoms with Crippen molar-refractivity contribution < 1.29 is 22.2 Å². The number of likely N-dealkylation sites (tertiary alicyclic amines) is 1. The Balaban J connectivity index is 1.32. The van der Waals surface area contributed by atoms with E-state index in [1.54, 1.807) is 17.0 Å². The smallest absolute Gasteiger partial charge is 0.410 e. The summed E-state index contributed by atoms with van der Waals surface area (Å²) in [5.41, 5.74) is 5.15. The molecule has 7 nitrogen and oxygen atoms in total. The zero-order valence-corrected chi connectivity index (χ0v) is 16.8. The van der Waals surface area contributed by atoms with E-state index in [4.69, 9.17) is 9.02 Å². The maximum atomic E-state index is 12.4. The number of hydrogen-bond acceptors (Lipinski definition) is 6. The van der Waals surface area contributed by atoms with Crippen molar-refractivity contribution in [2.45, 2.75) is 30.9 Å². The molecule has 1 aliphatic carbocycles. The number of hydrogen-bond donors (Lipinski definition) is 1. The number of carbonyl (C=O) groups excluding carboxylic acids is 1. The van der Waals surface area contributed by atoms with Gasteiger partial charge in [0.25, 0.3) is 0 Å². The van der Waals surface area contributed by atoms with Gasteiger partial charge in [-0.15, -0.1) is 4.28 Å². The Morgan fingerprint density at radius 2 is 1.86 bits per heavy atom. The van der Waals surface area contributed by atoms with Crippen molar-refractivity contribution in [2.24, 2.45) is 5.92 Å². The quantitative estimate of drug-likeness (QED) is 0.731. The monoisotopic (exact) mass is 414 g/mol. The molecule has 0 radical (unpaired) electrons. The number of hydroxylamine groups is 1. The highest BCUT2D eigenvalue weighted by atomic mass is 32.2. The second-order valence-electron chi connectivity index (χ2n) is 7.27. The standard InChI is InChI=1S/C21H22N2O5S/c1-15-7-9-19(10-8-15)29(25,26)28-22-20-12-18-11-17(20)13-23(18)21(24)27-14-16-5-3-2-4-6-16/h2-10,12,17-18,22H,11,13-14H2,1H3. The SMILES string of the molecule is Cc1ccc(S(=O)(=O)ONC2=CC3CC2CN3C(=O)OCc2ccccc2)cc1. The molecule has 29 heavy (non-hydrogen) atoms. The van der Waals surface area contributed by atoms with Crippen LogP contribution < -0.4 is 5.48 Å². The van der Waals surface area contributed by atoms with E-state index >= 15 is 0 Å². The van der Waals surface area contributed by atoms with Gasteiger partial charge in [0.1, 0.15) is 6.61 Å². The van der Waals surface area contributed by atoms with Gasteiger partial charge < -0.3 is 9.64 Å². The van der Waals surface area contributed by atoms with Crippen LogP contribution in [0.15, 0.2) is 71.3 Å². The Morgan fingerprint density at radius 1 is 1.14 bits per heavy atom. The fraction of sp³-hybridized carbons (Fsp3) is 0.286. The summed E-state index contributed by atoms with van der Waals surface area (Å²) in [6, 6.07) is 15.8. The predicted molar refractivity (Wildman–Crippen MR) is 106 cm³/mol. The number of ether oxygens (including phenoxy) is 1. The van der Waals surface area contributed by atoms with Crippen molar-refractivity contribution >= 4 is 16.2 Å². The molecule has 1 aliphatic heterocycles. The molecule has 1 heterocycles. The van der Waals surface area contributed by atoms with Crippen LogP contribution >= 0.6 is 0 Å². The van der Waals surface area contributed by atoms with Crippen LogP contribution in [0.25, 0.3) is 0 Å². The largest absolute Gasteiger partial charge is 0.445 e. The van der Waals surface area contributed by atoms with Crippen molar-refractivity contribution in [3.63, 3.8) is 0 Å². The Bertz CT molecular complexity index is 1020. The van der Waals surface area contributed by atoms with Crippen LogP contribution in [0.1, 0.15) is 17.5 Å². The molecule has 0 saturated carbocycles. The van der Waals surface area contributed by atoms with Gasteiger partial charge in [0.05, 0.1) is 10.9 Å². The molecule has 4 rings (SSSR count). The Morgan fingerprint density at radius 3 is 2.52 bits per heavy atom. The molecule has 0 spiro atoms. The minimum atomic E-state index is -3.91. The lowest BCUT2D eigenvalue weighted by atomic mass is 10.1. The van der Waals surface area contributed by atoms with Gasteiger partial charge in [-0.2, -0.15) is 8.42 Å². The Kier molecular flexibility index (Phi) is 5.29. The molecule has 1 fully saturated rings. The third-order valence-electron chi connectivity index (χ3n) is 5.17. The van der Waals surface area contributed by atoms with Gasteiger partial charge in [-0.3, -0.25) is 5.48 Å². The molecule has 2 unspecified atom stereocenters. The van der Waals surface area contributed by atoms with Gasteiger partial charge in [0, 0.05) is 18.2 Å². The van der Waals surface area contributed by atoms with Gasteiger partial charge >= 0.3 is 16.2 Å². The lowest BCUT2D eigenvalue weighted by molar-refractivity contribution is 0.0943. The Hall–Kier alpha value is -2.84. The zero-order valence-electron chi connectivity index (χ0n) is 15.9. The first kappa shape index (κ1) is 19.5. The summed E-state index contributed by atoms with van der Waals surface area (Å²) in [4.78, 5) is 14.1. The number of nitrogens with zero attached hydrogens (tertiary/aromatic N) is 1. The maximum absolute atomic E-state index is 12.4. The highest BCUT2D eigenvalue weighted by Gasteiger charge is 2.42. The average Bonchev–Trinajstić information content (AvgIpc) is 3.32. The molecule has 2 aromatic carbocycles. The van der Waals surface area contributed by atoms with E-state index in [1.807, 2.05) is 43.3 Å². The van der Waals surface area contributed by atoms with Crippen molar-refractivity contribution in [1.29, 1.82) is 0 Å². The molecular weight excluding hydrogens is 392 g/mol. The van der Waals surface area contributed by atoms with Crippen molar-refractivity contribution in [3.8, 4) is 0 Å². The second kappa shape index (κ2) is 7.88. The highest BCUT2D eigenvalue weighted by molar-refractivity contribution is 7.86. The summed E-state index contributed by atoms with van der Waals surface area (Å²) < 4.78 is 35.0. The number of amides is 1. The van der Waals surface area contributed by atoms with Gasteiger partial charge in [-0.1, -0.05) is 48.0 Å². The van der Waals surface area contributed by atoms with Crippen LogP contribution in [0, 0.1) is 12.8 Å². The van der Waals surface area contributed by atoms with E-state index in [2.05, 4.69) is 5.48 Å². The van der Waals surface area contributed by atoms with Gasteiger partial charge in [-0.05, 0) is 37.1 Å². The summed E-state index contributed by atoms with van der Waals surface area (Å²) in [5, 5.41) is 0. The lowest BCUT2D eigenvalue weighted by Gasteiger charge is -2.25. The predicted octanol–water partition coefficient (Wildman–Crippen LogP) is 3.13. The fourth-order valence-corrected chi connectivity index (χ4v) is 4.35. The molecule has 1 saturated heterocycles. The van der Waals surface area contributed by atoms with E-state index in [0.717, 1.165) is 17.5 Å². The molecule has 1 N–H and O–H groups in total. The first-order valence-corrected chi connectivity index (χ1v) is 10.8. The number of fused-ring (bicyclic) bond motifs is 2. The molecule has 0 aromatic heterocycles. The van der Waals surface area contributed by atoms with E-state index in [9.17, 15) is 13.2 Å². The van der Waals surface area contributed by atoms with Crippen LogP contribution in [0.4, 0.5) is 4.79 Å². The molecule has 2 aromatic rings. The first-order chi connectivity index (χ1) is 13.9. The third kappa shape index (κ3) is 4.28. The average molecular weight is 414 g/mol. The normalized spacial score (nSPS) is 20.4.